The average molecular weight is 344 g/mol. The minimum atomic E-state index is -0.476. The fourth-order valence-electron chi connectivity index (χ4n) is 3.42. The molecule has 0 spiro atoms. The maximum absolute atomic E-state index is 10.3. The zero-order valence-corrected chi connectivity index (χ0v) is 14.9. The van der Waals surface area contributed by atoms with Crippen LogP contribution in [0.2, 0.25) is 0 Å². The Bertz CT molecular complexity index is 615. The first kappa shape index (κ1) is 17.9. The monoisotopic (exact) mass is 344 g/mol. The summed E-state index contributed by atoms with van der Waals surface area (Å²) in [6, 6.07) is 8.09. The van der Waals surface area contributed by atoms with Gasteiger partial charge >= 0.3 is 0 Å². The molecule has 1 N–H and O–H groups in total. The highest BCUT2D eigenvalue weighted by atomic mass is 16.5. The van der Waals surface area contributed by atoms with Gasteiger partial charge in [0.15, 0.2) is 0 Å². The molecule has 2 aromatic rings. The van der Waals surface area contributed by atoms with Gasteiger partial charge in [-0.05, 0) is 49.4 Å². The normalized spacial score (nSPS) is 19.7. The van der Waals surface area contributed by atoms with Crippen LogP contribution in [0.4, 0.5) is 0 Å². The van der Waals surface area contributed by atoms with Crippen LogP contribution in [0.1, 0.15) is 25.3 Å². The standard InChI is InChI=1S/C19H28N4O2/c1-2-16-5-7-19(8-6-16)25-13-18(24)12-22-9-3-4-17(10-22)11-23-15-20-14-21-23/h5-8,14-15,17-18,24H,2-4,9-13H2,1H3. The van der Waals surface area contributed by atoms with Crippen molar-refractivity contribution in [2.45, 2.75) is 38.8 Å². The Morgan fingerprint density at radius 3 is 2.88 bits per heavy atom. The molecular formula is C19H28N4O2. The fourth-order valence-corrected chi connectivity index (χ4v) is 3.42. The Morgan fingerprint density at radius 2 is 2.16 bits per heavy atom. The van der Waals surface area contributed by atoms with E-state index in [1.165, 1.54) is 12.0 Å². The number of β-amino-alcohol motifs (C(OH)–C–C–N with tert-alkyl or cyclic N) is 1. The van der Waals surface area contributed by atoms with E-state index in [4.69, 9.17) is 4.74 Å². The van der Waals surface area contributed by atoms with Crippen LogP contribution < -0.4 is 4.74 Å². The number of likely N-dealkylation sites (tertiary alicyclic amines) is 1. The Morgan fingerprint density at radius 1 is 1.32 bits per heavy atom. The van der Waals surface area contributed by atoms with Crippen LogP contribution in [0.15, 0.2) is 36.9 Å². The van der Waals surface area contributed by atoms with Gasteiger partial charge in [-0.2, -0.15) is 5.10 Å². The molecule has 1 saturated heterocycles. The smallest absolute Gasteiger partial charge is 0.137 e. The van der Waals surface area contributed by atoms with Gasteiger partial charge in [-0.3, -0.25) is 4.68 Å². The van der Waals surface area contributed by atoms with Crippen molar-refractivity contribution in [3.63, 3.8) is 0 Å². The number of nitrogens with zero attached hydrogens (tertiary/aromatic N) is 4. The van der Waals surface area contributed by atoms with Crippen molar-refractivity contribution in [1.82, 2.24) is 19.7 Å². The lowest BCUT2D eigenvalue weighted by molar-refractivity contribution is 0.0495. The van der Waals surface area contributed by atoms with Crippen LogP contribution in [0.25, 0.3) is 0 Å². The van der Waals surface area contributed by atoms with Gasteiger partial charge < -0.3 is 14.7 Å². The average Bonchev–Trinajstić information content (AvgIpc) is 3.14. The molecule has 0 aliphatic carbocycles. The summed E-state index contributed by atoms with van der Waals surface area (Å²) in [6.45, 7) is 6.04. The Balaban J connectivity index is 1.41. The van der Waals surface area contributed by atoms with Crippen LogP contribution in [-0.4, -0.2) is 57.1 Å². The van der Waals surface area contributed by atoms with Gasteiger partial charge in [0.05, 0.1) is 0 Å². The second-order valence-electron chi connectivity index (χ2n) is 6.85. The Labute approximate surface area is 149 Å². The van der Waals surface area contributed by atoms with E-state index < -0.39 is 6.10 Å². The van der Waals surface area contributed by atoms with Crippen molar-refractivity contribution >= 4 is 0 Å². The fraction of sp³-hybridized carbons (Fsp3) is 0.579. The molecule has 0 radical (unpaired) electrons. The highest BCUT2D eigenvalue weighted by Crippen LogP contribution is 2.18. The number of piperidine rings is 1. The van der Waals surface area contributed by atoms with Crippen molar-refractivity contribution in [1.29, 1.82) is 0 Å². The minimum absolute atomic E-state index is 0.329. The van der Waals surface area contributed by atoms with Gasteiger partial charge in [0, 0.05) is 19.6 Å². The number of aliphatic hydroxyl groups is 1. The van der Waals surface area contributed by atoms with E-state index in [2.05, 4.69) is 34.0 Å². The summed E-state index contributed by atoms with van der Waals surface area (Å²) in [5.74, 6) is 1.38. The zero-order chi connectivity index (χ0) is 17.5. The molecule has 6 heteroatoms. The summed E-state index contributed by atoms with van der Waals surface area (Å²) in [5.41, 5.74) is 1.29. The van der Waals surface area contributed by atoms with E-state index in [9.17, 15) is 5.11 Å². The van der Waals surface area contributed by atoms with E-state index >= 15 is 0 Å². The lowest BCUT2D eigenvalue weighted by Gasteiger charge is -2.33. The maximum Gasteiger partial charge on any atom is 0.137 e. The Hall–Kier alpha value is -1.92. The molecule has 2 unspecified atom stereocenters. The van der Waals surface area contributed by atoms with Crippen LogP contribution in [0, 0.1) is 5.92 Å². The van der Waals surface area contributed by atoms with Gasteiger partial charge in [-0.1, -0.05) is 19.1 Å². The summed E-state index contributed by atoms with van der Waals surface area (Å²) in [5, 5.41) is 14.5. The molecule has 2 heterocycles. The van der Waals surface area contributed by atoms with Crippen molar-refractivity contribution in [3.8, 4) is 5.75 Å². The highest BCUT2D eigenvalue weighted by Gasteiger charge is 2.22. The zero-order valence-electron chi connectivity index (χ0n) is 14.9. The van der Waals surface area contributed by atoms with Crippen LogP contribution in [0.5, 0.6) is 5.75 Å². The summed E-state index contributed by atoms with van der Waals surface area (Å²) < 4.78 is 7.62. The quantitative estimate of drug-likeness (QED) is 0.793. The van der Waals surface area contributed by atoms with E-state index in [0.29, 0.717) is 19.1 Å². The maximum atomic E-state index is 10.3. The number of benzene rings is 1. The minimum Gasteiger partial charge on any atom is -0.491 e. The first-order valence-electron chi connectivity index (χ1n) is 9.17. The van der Waals surface area contributed by atoms with Crippen molar-refractivity contribution in [2.24, 2.45) is 5.92 Å². The van der Waals surface area contributed by atoms with Crippen LogP contribution >= 0.6 is 0 Å². The molecule has 1 aromatic carbocycles. The molecule has 136 valence electrons. The molecule has 1 aliphatic heterocycles. The van der Waals surface area contributed by atoms with Gasteiger partial charge in [0.2, 0.25) is 0 Å². The summed E-state index contributed by atoms with van der Waals surface area (Å²) >= 11 is 0. The molecule has 6 nitrogen and oxygen atoms in total. The molecule has 2 atom stereocenters. The van der Waals surface area contributed by atoms with Gasteiger partial charge in [-0.25, -0.2) is 4.98 Å². The van der Waals surface area contributed by atoms with E-state index in [1.807, 2.05) is 16.8 Å². The number of aryl methyl sites for hydroxylation is 1. The van der Waals surface area contributed by atoms with E-state index in [1.54, 1.807) is 12.7 Å². The number of rotatable bonds is 8. The summed E-state index contributed by atoms with van der Waals surface area (Å²) in [7, 11) is 0. The molecule has 0 saturated carbocycles. The van der Waals surface area contributed by atoms with E-state index in [0.717, 1.165) is 38.2 Å². The molecule has 0 bridgehead atoms. The topological polar surface area (TPSA) is 63.4 Å². The molecule has 0 amide bonds. The Kier molecular flexibility index (Phi) is 6.42. The van der Waals surface area contributed by atoms with Gasteiger partial charge in [-0.15, -0.1) is 0 Å². The predicted molar refractivity (Wildman–Crippen MR) is 96.5 cm³/mol. The first-order chi connectivity index (χ1) is 12.2. The largest absolute Gasteiger partial charge is 0.491 e. The first-order valence-corrected chi connectivity index (χ1v) is 9.17. The predicted octanol–water partition coefficient (Wildman–Crippen LogP) is 1.99. The molecule has 3 rings (SSSR count). The molecule has 1 fully saturated rings. The summed E-state index contributed by atoms with van der Waals surface area (Å²) in [6.07, 6.45) is 6.25. The van der Waals surface area contributed by atoms with E-state index in [-0.39, 0.29) is 0 Å². The molecular weight excluding hydrogens is 316 g/mol. The number of aromatic nitrogens is 3. The van der Waals surface area contributed by atoms with Crippen LogP contribution in [0.3, 0.4) is 0 Å². The van der Waals surface area contributed by atoms with Crippen molar-refractivity contribution in [3.05, 3.63) is 42.5 Å². The number of ether oxygens (including phenoxy) is 1. The second-order valence-corrected chi connectivity index (χ2v) is 6.85. The van der Waals surface area contributed by atoms with Crippen LogP contribution in [-0.2, 0) is 13.0 Å². The third-order valence-corrected chi connectivity index (χ3v) is 4.76. The second kappa shape index (κ2) is 8.97. The SMILES string of the molecule is CCc1ccc(OCC(O)CN2CCCC(Cn3cncn3)C2)cc1. The van der Waals surface area contributed by atoms with Gasteiger partial charge in [0.1, 0.15) is 31.1 Å². The highest BCUT2D eigenvalue weighted by molar-refractivity contribution is 5.27. The lowest BCUT2D eigenvalue weighted by Crippen LogP contribution is -2.42. The lowest BCUT2D eigenvalue weighted by atomic mass is 9.98. The molecule has 1 aliphatic rings. The third-order valence-electron chi connectivity index (χ3n) is 4.76. The van der Waals surface area contributed by atoms with Gasteiger partial charge in [0.25, 0.3) is 0 Å². The number of hydrogen-bond donors (Lipinski definition) is 1. The number of hydrogen-bond acceptors (Lipinski definition) is 5. The molecule has 1 aromatic heterocycles. The van der Waals surface area contributed by atoms with Crippen molar-refractivity contribution < 1.29 is 9.84 Å². The summed E-state index contributed by atoms with van der Waals surface area (Å²) in [4.78, 5) is 6.33. The number of aliphatic hydroxyl groups excluding tert-OH is 1. The van der Waals surface area contributed by atoms with Crippen molar-refractivity contribution in [2.75, 3.05) is 26.2 Å². The molecule has 25 heavy (non-hydrogen) atoms. The third kappa shape index (κ3) is 5.54.